The Morgan fingerprint density at radius 1 is 1.12 bits per heavy atom. The second-order valence-electron chi connectivity index (χ2n) is 7.36. The minimum Gasteiger partial charge on any atom is -0.497 e. The van der Waals surface area contributed by atoms with E-state index < -0.39 is 31.1 Å². The predicted octanol–water partition coefficient (Wildman–Crippen LogP) is -0.119. The number of hydrogen-bond acceptors (Lipinski definition) is 10. The number of aromatic nitrogens is 6. The number of nitrogen functional groups attached to an aromatic ring is 1. The standard InChI is InChI=1S/C20H21N7O5/c1-31-12-4-2-10(3-5-12)11-6-23-27(7-11)20-24-17(21)14-18(25-20)26(9-22-14)19-16(30)15(29)13(8-28)32-19/h2-7,9,13,15-16,19,28-30H,8H2,1H3,(H2,21,24,25)/t13-,15-,16-,19-/m1/s1. The average molecular weight is 439 g/mol. The van der Waals surface area contributed by atoms with Gasteiger partial charge in [0.05, 0.1) is 26.2 Å². The van der Waals surface area contributed by atoms with E-state index in [1.54, 1.807) is 19.5 Å². The highest BCUT2D eigenvalue weighted by Gasteiger charge is 2.44. The molecule has 32 heavy (non-hydrogen) atoms. The third-order valence-corrected chi connectivity index (χ3v) is 5.44. The normalized spacial score (nSPS) is 23.1. The van der Waals surface area contributed by atoms with Gasteiger partial charge in [0.25, 0.3) is 5.95 Å². The Morgan fingerprint density at radius 3 is 2.59 bits per heavy atom. The Balaban J connectivity index is 1.52. The molecule has 5 rings (SSSR count). The maximum atomic E-state index is 10.4. The molecule has 0 radical (unpaired) electrons. The highest BCUT2D eigenvalue weighted by molar-refractivity contribution is 5.82. The van der Waals surface area contributed by atoms with E-state index in [2.05, 4.69) is 20.1 Å². The van der Waals surface area contributed by atoms with Crippen molar-refractivity contribution in [2.24, 2.45) is 0 Å². The van der Waals surface area contributed by atoms with E-state index in [-0.39, 0.29) is 11.8 Å². The summed E-state index contributed by atoms with van der Waals surface area (Å²) in [4.78, 5) is 13.0. The molecule has 4 aromatic rings. The molecule has 1 aliphatic heterocycles. The number of hydrogen-bond donors (Lipinski definition) is 4. The van der Waals surface area contributed by atoms with E-state index in [0.29, 0.717) is 11.2 Å². The van der Waals surface area contributed by atoms with E-state index >= 15 is 0 Å². The van der Waals surface area contributed by atoms with Crippen molar-refractivity contribution in [2.75, 3.05) is 19.5 Å². The summed E-state index contributed by atoms with van der Waals surface area (Å²) < 4.78 is 13.7. The molecule has 166 valence electrons. The van der Waals surface area contributed by atoms with Crippen LogP contribution in [0.25, 0.3) is 28.2 Å². The lowest BCUT2D eigenvalue weighted by Gasteiger charge is -2.16. The first kappa shape index (κ1) is 20.3. The van der Waals surface area contributed by atoms with Crippen LogP contribution in [0.4, 0.5) is 5.82 Å². The Bertz CT molecular complexity index is 1260. The highest BCUT2D eigenvalue weighted by Crippen LogP contribution is 2.32. The highest BCUT2D eigenvalue weighted by atomic mass is 16.6. The van der Waals surface area contributed by atoms with Crippen LogP contribution in [0.2, 0.25) is 0 Å². The summed E-state index contributed by atoms with van der Waals surface area (Å²) in [7, 11) is 1.61. The molecule has 1 aromatic carbocycles. The summed E-state index contributed by atoms with van der Waals surface area (Å²) in [5.41, 5.74) is 8.48. The number of methoxy groups -OCH3 is 1. The zero-order valence-corrected chi connectivity index (χ0v) is 17.0. The topological polar surface area (TPSA) is 167 Å². The molecule has 12 heteroatoms. The molecule has 0 saturated carbocycles. The summed E-state index contributed by atoms with van der Waals surface area (Å²) in [5.74, 6) is 1.07. The summed E-state index contributed by atoms with van der Waals surface area (Å²) in [6.45, 7) is -0.439. The average Bonchev–Trinajstić information content (AvgIpc) is 3.53. The number of imidazole rings is 1. The van der Waals surface area contributed by atoms with Gasteiger partial charge < -0.3 is 30.5 Å². The number of nitrogens with zero attached hydrogens (tertiary/aromatic N) is 6. The van der Waals surface area contributed by atoms with E-state index in [1.807, 2.05) is 24.3 Å². The Kier molecular flexibility index (Phi) is 4.98. The van der Waals surface area contributed by atoms with Gasteiger partial charge in [-0.15, -0.1) is 0 Å². The number of fused-ring (bicyclic) bond motifs is 1. The van der Waals surface area contributed by atoms with Crippen LogP contribution in [0.15, 0.2) is 43.0 Å². The number of nitrogens with two attached hydrogens (primary N) is 1. The van der Waals surface area contributed by atoms with Gasteiger partial charge in [-0.05, 0) is 17.7 Å². The van der Waals surface area contributed by atoms with Crippen LogP contribution in [0.1, 0.15) is 6.23 Å². The third-order valence-electron chi connectivity index (χ3n) is 5.44. The second-order valence-corrected chi connectivity index (χ2v) is 7.36. The molecule has 0 unspecified atom stereocenters. The molecular formula is C20H21N7O5. The first-order valence-corrected chi connectivity index (χ1v) is 9.82. The van der Waals surface area contributed by atoms with Crippen molar-refractivity contribution < 1.29 is 24.8 Å². The number of anilines is 1. The fourth-order valence-electron chi connectivity index (χ4n) is 3.69. The van der Waals surface area contributed by atoms with Crippen LogP contribution in [0.5, 0.6) is 5.75 Å². The molecule has 5 N–H and O–H groups in total. The molecular weight excluding hydrogens is 418 g/mol. The summed E-state index contributed by atoms with van der Waals surface area (Å²) >= 11 is 0. The van der Waals surface area contributed by atoms with Crippen LogP contribution in [0, 0.1) is 0 Å². The van der Waals surface area contributed by atoms with Crippen molar-refractivity contribution in [1.29, 1.82) is 0 Å². The van der Waals surface area contributed by atoms with Crippen LogP contribution in [0.3, 0.4) is 0 Å². The number of aliphatic hydroxyl groups is 3. The lowest BCUT2D eigenvalue weighted by molar-refractivity contribution is -0.0511. The van der Waals surface area contributed by atoms with Crippen LogP contribution < -0.4 is 10.5 Å². The number of aliphatic hydroxyl groups excluding tert-OH is 3. The fourth-order valence-corrected chi connectivity index (χ4v) is 3.69. The van der Waals surface area contributed by atoms with Gasteiger partial charge in [-0.1, -0.05) is 12.1 Å². The summed E-state index contributed by atoms with van der Waals surface area (Å²) in [6, 6.07) is 7.53. The molecule has 0 amide bonds. The van der Waals surface area contributed by atoms with Gasteiger partial charge in [-0.3, -0.25) is 4.57 Å². The number of ether oxygens (including phenoxy) is 2. The van der Waals surface area contributed by atoms with E-state index in [1.165, 1.54) is 15.6 Å². The largest absolute Gasteiger partial charge is 0.497 e. The molecule has 1 fully saturated rings. The quantitative estimate of drug-likeness (QED) is 0.329. The molecule has 12 nitrogen and oxygen atoms in total. The lowest BCUT2D eigenvalue weighted by Crippen LogP contribution is -2.33. The molecule has 0 aliphatic carbocycles. The van der Waals surface area contributed by atoms with E-state index in [9.17, 15) is 15.3 Å². The molecule has 4 heterocycles. The fraction of sp³-hybridized carbons (Fsp3) is 0.300. The van der Waals surface area contributed by atoms with Crippen molar-refractivity contribution >= 4 is 17.0 Å². The van der Waals surface area contributed by atoms with Gasteiger partial charge >= 0.3 is 0 Å². The zero-order valence-electron chi connectivity index (χ0n) is 17.0. The number of benzene rings is 1. The lowest BCUT2D eigenvalue weighted by atomic mass is 10.1. The van der Waals surface area contributed by atoms with Gasteiger partial charge in [-0.2, -0.15) is 15.1 Å². The van der Waals surface area contributed by atoms with Gasteiger partial charge in [0, 0.05) is 11.8 Å². The van der Waals surface area contributed by atoms with E-state index in [0.717, 1.165) is 16.9 Å². The first-order valence-electron chi connectivity index (χ1n) is 9.82. The van der Waals surface area contributed by atoms with Crippen molar-refractivity contribution in [3.8, 4) is 22.8 Å². The molecule has 4 atom stereocenters. The van der Waals surface area contributed by atoms with Crippen molar-refractivity contribution in [2.45, 2.75) is 24.5 Å². The minimum absolute atomic E-state index is 0.122. The monoisotopic (exact) mass is 439 g/mol. The second kappa shape index (κ2) is 7.84. The number of rotatable bonds is 5. The molecule has 1 saturated heterocycles. The Morgan fingerprint density at radius 2 is 1.91 bits per heavy atom. The Labute approximate surface area is 181 Å². The van der Waals surface area contributed by atoms with Crippen molar-refractivity contribution in [3.05, 3.63) is 43.0 Å². The Hall–Kier alpha value is -3.58. The molecule has 0 spiro atoms. The van der Waals surface area contributed by atoms with Crippen molar-refractivity contribution in [1.82, 2.24) is 29.3 Å². The predicted molar refractivity (Wildman–Crippen MR) is 112 cm³/mol. The maximum Gasteiger partial charge on any atom is 0.254 e. The third kappa shape index (κ3) is 3.26. The summed E-state index contributed by atoms with van der Waals surface area (Å²) in [6.07, 6.45) is 0.372. The molecule has 0 bridgehead atoms. The smallest absolute Gasteiger partial charge is 0.254 e. The molecule has 3 aromatic heterocycles. The van der Waals surface area contributed by atoms with E-state index in [4.69, 9.17) is 15.2 Å². The molecule has 1 aliphatic rings. The SMILES string of the molecule is COc1ccc(-c2cnn(-c3nc(N)c4ncn([C@@H]5O[C@H](CO)[C@@H](O)[C@H]5O)c4n3)c2)cc1. The maximum absolute atomic E-state index is 10.4. The van der Waals surface area contributed by atoms with Crippen LogP contribution in [-0.2, 0) is 4.74 Å². The summed E-state index contributed by atoms with van der Waals surface area (Å²) in [5, 5.41) is 34.2. The van der Waals surface area contributed by atoms with Crippen LogP contribution >= 0.6 is 0 Å². The van der Waals surface area contributed by atoms with Gasteiger partial charge in [0.15, 0.2) is 17.7 Å². The minimum atomic E-state index is -1.28. The van der Waals surface area contributed by atoms with Gasteiger partial charge in [-0.25, -0.2) is 9.67 Å². The first-order chi connectivity index (χ1) is 15.5. The van der Waals surface area contributed by atoms with Crippen LogP contribution in [-0.4, -0.2) is 76.6 Å². The van der Waals surface area contributed by atoms with Gasteiger partial charge in [0.1, 0.15) is 29.6 Å². The van der Waals surface area contributed by atoms with Crippen molar-refractivity contribution in [3.63, 3.8) is 0 Å². The zero-order chi connectivity index (χ0) is 22.4. The van der Waals surface area contributed by atoms with Gasteiger partial charge in [0.2, 0.25) is 0 Å².